The third-order valence-electron chi connectivity index (χ3n) is 3.32. The van der Waals surface area contributed by atoms with Gasteiger partial charge in [0.25, 0.3) is 0 Å². The molecule has 0 fully saturated rings. The summed E-state index contributed by atoms with van der Waals surface area (Å²) in [6.45, 7) is 0. The van der Waals surface area contributed by atoms with E-state index in [9.17, 15) is 0 Å². The van der Waals surface area contributed by atoms with Crippen LogP contribution in [0.3, 0.4) is 0 Å². The van der Waals surface area contributed by atoms with Crippen molar-refractivity contribution >= 4 is 11.8 Å². The van der Waals surface area contributed by atoms with E-state index in [-0.39, 0.29) is 0 Å². The lowest BCUT2D eigenvalue weighted by Gasteiger charge is -2.04. The zero-order chi connectivity index (χ0) is 14.3. The average Bonchev–Trinajstić information content (AvgIpc) is 2.57. The molecule has 0 atom stereocenters. The van der Waals surface area contributed by atoms with E-state index in [4.69, 9.17) is 0 Å². The molecule has 21 heavy (non-hydrogen) atoms. The number of nitrogens with one attached hydrogen (secondary N) is 1. The van der Waals surface area contributed by atoms with Gasteiger partial charge in [0.2, 0.25) is 0 Å². The van der Waals surface area contributed by atoms with Gasteiger partial charge in [0.1, 0.15) is 0 Å². The maximum Gasteiger partial charge on any atom is 0.0380 e. The second-order valence-corrected chi connectivity index (χ2v) is 4.83. The van der Waals surface area contributed by atoms with Gasteiger partial charge in [-0.3, -0.25) is 0 Å². The first-order valence-electron chi connectivity index (χ1n) is 7.05. The van der Waals surface area contributed by atoms with Gasteiger partial charge in [0.15, 0.2) is 0 Å². The molecule has 0 aromatic heterocycles. The zero-order valence-electron chi connectivity index (χ0n) is 11.7. The zero-order valence-corrected chi connectivity index (χ0v) is 11.7. The van der Waals surface area contributed by atoms with Crippen molar-refractivity contribution in [2.24, 2.45) is 0 Å². The number of rotatable bonds is 4. The van der Waals surface area contributed by atoms with E-state index in [1.165, 1.54) is 16.7 Å². The van der Waals surface area contributed by atoms with Crippen molar-refractivity contribution in [3.8, 4) is 11.1 Å². The maximum absolute atomic E-state index is 3.29. The first-order valence-corrected chi connectivity index (χ1v) is 7.05. The van der Waals surface area contributed by atoms with Crippen LogP contribution in [0.25, 0.3) is 17.2 Å². The SMILES string of the molecule is C(=Cc1ccccc1)Nc1ccc(-c2ccccc2)cc1. The molecule has 0 spiro atoms. The molecule has 0 bridgehead atoms. The van der Waals surface area contributed by atoms with E-state index in [0.717, 1.165) is 5.69 Å². The Balaban J connectivity index is 1.66. The lowest BCUT2D eigenvalue weighted by Crippen LogP contribution is -1.87. The lowest BCUT2D eigenvalue weighted by molar-refractivity contribution is 1.56. The van der Waals surface area contributed by atoms with Gasteiger partial charge in [0, 0.05) is 11.9 Å². The van der Waals surface area contributed by atoms with Crippen LogP contribution in [-0.2, 0) is 0 Å². The van der Waals surface area contributed by atoms with Crippen molar-refractivity contribution in [2.75, 3.05) is 5.32 Å². The smallest absolute Gasteiger partial charge is 0.0380 e. The van der Waals surface area contributed by atoms with Gasteiger partial charge in [-0.15, -0.1) is 0 Å². The minimum Gasteiger partial charge on any atom is -0.362 e. The van der Waals surface area contributed by atoms with E-state index >= 15 is 0 Å². The molecule has 0 radical (unpaired) electrons. The van der Waals surface area contributed by atoms with Crippen LogP contribution < -0.4 is 5.32 Å². The predicted molar refractivity (Wildman–Crippen MR) is 91.0 cm³/mol. The average molecular weight is 271 g/mol. The molecule has 0 aliphatic heterocycles. The van der Waals surface area contributed by atoms with Gasteiger partial charge in [-0.25, -0.2) is 0 Å². The fourth-order valence-corrected chi connectivity index (χ4v) is 2.19. The first-order chi connectivity index (χ1) is 10.4. The first kappa shape index (κ1) is 13.2. The Kier molecular flexibility index (Phi) is 4.13. The van der Waals surface area contributed by atoms with Crippen LogP contribution in [0.5, 0.6) is 0 Å². The van der Waals surface area contributed by atoms with Crippen LogP contribution in [-0.4, -0.2) is 0 Å². The minimum absolute atomic E-state index is 1.09. The summed E-state index contributed by atoms with van der Waals surface area (Å²) in [5.41, 5.74) is 4.74. The predicted octanol–water partition coefficient (Wildman–Crippen LogP) is 5.44. The molecule has 0 saturated carbocycles. The Morgan fingerprint density at radius 3 is 1.81 bits per heavy atom. The highest BCUT2D eigenvalue weighted by Gasteiger charge is 1.96. The molecule has 1 N–H and O–H groups in total. The Labute approximate surface area is 125 Å². The Hall–Kier alpha value is -2.80. The third-order valence-corrected chi connectivity index (χ3v) is 3.32. The van der Waals surface area contributed by atoms with Gasteiger partial charge in [0.05, 0.1) is 0 Å². The fourth-order valence-electron chi connectivity index (χ4n) is 2.19. The summed E-state index contributed by atoms with van der Waals surface area (Å²) in [5, 5.41) is 3.29. The number of hydrogen-bond donors (Lipinski definition) is 1. The third kappa shape index (κ3) is 3.61. The Bertz CT molecular complexity index is 698. The molecule has 1 nitrogen and oxygen atoms in total. The molecule has 3 aromatic rings. The van der Waals surface area contributed by atoms with Crippen molar-refractivity contribution in [3.63, 3.8) is 0 Å². The summed E-state index contributed by atoms with van der Waals surface area (Å²) in [6, 6.07) is 29.1. The van der Waals surface area contributed by atoms with E-state index in [1.807, 2.05) is 30.5 Å². The second kappa shape index (κ2) is 6.58. The molecule has 0 saturated heterocycles. The van der Waals surface area contributed by atoms with Crippen LogP contribution in [0, 0.1) is 0 Å². The van der Waals surface area contributed by atoms with Crippen LogP contribution >= 0.6 is 0 Å². The Morgan fingerprint density at radius 2 is 1.14 bits per heavy atom. The Morgan fingerprint density at radius 1 is 0.571 bits per heavy atom. The molecular weight excluding hydrogens is 254 g/mol. The highest BCUT2D eigenvalue weighted by Crippen LogP contribution is 2.21. The molecule has 1 heteroatoms. The molecule has 0 heterocycles. The molecule has 0 aliphatic rings. The minimum atomic E-state index is 1.09. The number of hydrogen-bond acceptors (Lipinski definition) is 1. The van der Waals surface area contributed by atoms with Crippen molar-refractivity contribution in [2.45, 2.75) is 0 Å². The maximum atomic E-state index is 3.29. The van der Waals surface area contributed by atoms with Crippen molar-refractivity contribution in [1.29, 1.82) is 0 Å². The normalized spacial score (nSPS) is 10.7. The van der Waals surface area contributed by atoms with Gasteiger partial charge in [-0.05, 0) is 34.9 Å². The lowest BCUT2D eigenvalue weighted by atomic mass is 10.1. The summed E-state index contributed by atoms with van der Waals surface area (Å²) < 4.78 is 0. The van der Waals surface area contributed by atoms with E-state index in [1.54, 1.807) is 0 Å². The monoisotopic (exact) mass is 271 g/mol. The summed E-state index contributed by atoms with van der Waals surface area (Å²) >= 11 is 0. The molecule has 0 amide bonds. The summed E-state index contributed by atoms with van der Waals surface area (Å²) in [5.74, 6) is 0. The molecule has 102 valence electrons. The van der Waals surface area contributed by atoms with E-state index < -0.39 is 0 Å². The largest absolute Gasteiger partial charge is 0.362 e. The summed E-state index contributed by atoms with van der Waals surface area (Å²) in [7, 11) is 0. The van der Waals surface area contributed by atoms with Gasteiger partial charge >= 0.3 is 0 Å². The second-order valence-electron chi connectivity index (χ2n) is 4.83. The molecular formula is C20H17N. The van der Waals surface area contributed by atoms with Crippen LogP contribution in [0.2, 0.25) is 0 Å². The van der Waals surface area contributed by atoms with Crippen LogP contribution in [0.15, 0.2) is 91.1 Å². The van der Waals surface area contributed by atoms with Crippen molar-refractivity contribution in [1.82, 2.24) is 0 Å². The topological polar surface area (TPSA) is 12.0 Å². The number of anilines is 1. The van der Waals surface area contributed by atoms with Crippen molar-refractivity contribution < 1.29 is 0 Å². The van der Waals surface area contributed by atoms with E-state index in [0.29, 0.717) is 0 Å². The van der Waals surface area contributed by atoms with E-state index in [2.05, 4.69) is 72.1 Å². The fraction of sp³-hybridized carbons (Fsp3) is 0. The molecule has 0 unspecified atom stereocenters. The summed E-state index contributed by atoms with van der Waals surface area (Å²) in [4.78, 5) is 0. The number of benzene rings is 3. The molecule has 3 rings (SSSR count). The molecule has 3 aromatic carbocycles. The highest BCUT2D eigenvalue weighted by atomic mass is 14.8. The highest BCUT2D eigenvalue weighted by molar-refractivity contribution is 5.66. The van der Waals surface area contributed by atoms with Gasteiger partial charge in [-0.1, -0.05) is 72.8 Å². The molecule has 0 aliphatic carbocycles. The van der Waals surface area contributed by atoms with Crippen molar-refractivity contribution in [3.05, 3.63) is 96.7 Å². The standard InChI is InChI=1S/C20H17N/c1-3-7-17(8-4-1)15-16-21-20-13-11-19(12-14-20)18-9-5-2-6-10-18/h1-16,21H. The van der Waals surface area contributed by atoms with Crippen LogP contribution in [0.4, 0.5) is 5.69 Å². The quantitative estimate of drug-likeness (QED) is 0.666. The van der Waals surface area contributed by atoms with Gasteiger partial charge in [-0.2, -0.15) is 0 Å². The summed E-state index contributed by atoms with van der Waals surface area (Å²) in [6.07, 6.45) is 4.03. The van der Waals surface area contributed by atoms with Gasteiger partial charge < -0.3 is 5.32 Å². The van der Waals surface area contributed by atoms with Crippen LogP contribution in [0.1, 0.15) is 5.56 Å².